The molecule has 3 nitrogen and oxygen atoms in total. The predicted molar refractivity (Wildman–Crippen MR) is 139 cm³/mol. The molecule has 0 heterocycles. The molecule has 9 unspecified atom stereocenters. The van der Waals surface area contributed by atoms with Crippen molar-refractivity contribution in [1.29, 1.82) is 0 Å². The molecule has 4 saturated carbocycles. The average molecular weight is 473 g/mol. The van der Waals surface area contributed by atoms with E-state index in [1.165, 1.54) is 52.1 Å². The average Bonchev–Trinajstić information content (AvgIpc) is 3.38. The third kappa shape index (κ3) is 3.65. The lowest BCUT2D eigenvalue weighted by Crippen LogP contribution is -2.54. The molecule has 0 aromatic rings. The quantitative estimate of drug-likeness (QED) is 0.278. The van der Waals surface area contributed by atoms with Crippen LogP contribution in [0.2, 0.25) is 0 Å². The van der Waals surface area contributed by atoms with Crippen molar-refractivity contribution in [2.45, 2.75) is 118 Å². The van der Waals surface area contributed by atoms with Gasteiger partial charge in [-0.2, -0.15) is 0 Å². The first-order valence-corrected chi connectivity index (χ1v) is 14.3. The molecule has 0 amide bonds. The largest absolute Gasteiger partial charge is 0.469 e. The molecule has 0 radical (unpaired) electrons. The number of fused-ring (bicyclic) bond motifs is 2. The van der Waals surface area contributed by atoms with E-state index in [-0.39, 0.29) is 12.1 Å². The third-order valence-electron chi connectivity index (χ3n) is 12.6. The number of carbonyl (C=O) groups excluding carboxylic acids is 1. The smallest absolute Gasteiger partial charge is 0.305 e. The van der Waals surface area contributed by atoms with Crippen molar-refractivity contribution < 1.29 is 14.6 Å². The van der Waals surface area contributed by atoms with Gasteiger partial charge >= 0.3 is 5.97 Å². The molecule has 4 fully saturated rings. The van der Waals surface area contributed by atoms with Crippen molar-refractivity contribution in [2.75, 3.05) is 7.11 Å². The van der Waals surface area contributed by atoms with Gasteiger partial charge < -0.3 is 9.84 Å². The van der Waals surface area contributed by atoms with Crippen LogP contribution < -0.4 is 0 Å². The SMILES string of the molecule is C=C(C)C(O)CCC(C)C1CCC2(C)C3CCC(C(C)C)C4(CCC(=O)OC)CC34CCC12C. The lowest BCUT2D eigenvalue weighted by Gasteiger charge is -2.61. The number of rotatable bonds is 9. The zero-order chi connectivity index (χ0) is 25.1. The topological polar surface area (TPSA) is 46.5 Å². The Morgan fingerprint density at radius 2 is 1.74 bits per heavy atom. The number of carbonyl (C=O) groups is 1. The Labute approximate surface area is 209 Å². The molecule has 1 N–H and O–H groups in total. The molecule has 1 spiro atoms. The van der Waals surface area contributed by atoms with Crippen molar-refractivity contribution in [2.24, 2.45) is 51.2 Å². The van der Waals surface area contributed by atoms with Crippen LogP contribution in [0.15, 0.2) is 12.2 Å². The van der Waals surface area contributed by atoms with Crippen LogP contribution in [-0.4, -0.2) is 24.3 Å². The van der Waals surface area contributed by atoms with Crippen LogP contribution in [0.5, 0.6) is 0 Å². The molecule has 3 heteroatoms. The highest BCUT2D eigenvalue weighted by molar-refractivity contribution is 5.69. The summed E-state index contributed by atoms with van der Waals surface area (Å²) in [4.78, 5) is 12.2. The Morgan fingerprint density at radius 1 is 1.03 bits per heavy atom. The molecule has 4 aliphatic carbocycles. The first-order chi connectivity index (χ1) is 15.9. The second-order valence-electron chi connectivity index (χ2n) is 13.9. The fourth-order valence-electron chi connectivity index (χ4n) is 10.5. The van der Waals surface area contributed by atoms with Crippen LogP contribution in [0, 0.1) is 51.2 Å². The lowest BCUT2D eigenvalue weighted by atomic mass is 9.43. The number of hydrogen-bond donors (Lipinski definition) is 1. The summed E-state index contributed by atoms with van der Waals surface area (Å²) in [7, 11) is 1.54. The molecule has 0 bridgehead atoms. The van der Waals surface area contributed by atoms with Gasteiger partial charge in [-0.3, -0.25) is 4.79 Å². The summed E-state index contributed by atoms with van der Waals surface area (Å²) < 4.78 is 5.07. The normalized spacial score (nSPS) is 44.6. The minimum Gasteiger partial charge on any atom is -0.469 e. The molecule has 34 heavy (non-hydrogen) atoms. The zero-order valence-electron chi connectivity index (χ0n) is 23.2. The van der Waals surface area contributed by atoms with Gasteiger partial charge in [-0.05, 0) is 122 Å². The van der Waals surface area contributed by atoms with Gasteiger partial charge in [0.1, 0.15) is 0 Å². The van der Waals surface area contributed by atoms with Crippen molar-refractivity contribution in [1.82, 2.24) is 0 Å². The molecule has 0 aromatic carbocycles. The number of methoxy groups -OCH3 is 1. The fraction of sp³-hybridized carbons (Fsp3) is 0.903. The van der Waals surface area contributed by atoms with E-state index >= 15 is 0 Å². The molecular weight excluding hydrogens is 420 g/mol. The second kappa shape index (κ2) is 8.93. The molecule has 0 aliphatic heterocycles. The molecule has 0 saturated heterocycles. The number of aliphatic hydroxyl groups excluding tert-OH is 1. The van der Waals surface area contributed by atoms with E-state index in [1.54, 1.807) is 0 Å². The first kappa shape index (κ1) is 26.2. The highest BCUT2D eigenvalue weighted by Gasteiger charge is 2.80. The lowest BCUT2D eigenvalue weighted by molar-refractivity contribution is -0.144. The maximum atomic E-state index is 12.2. The number of ether oxygens (including phenoxy) is 1. The monoisotopic (exact) mass is 472 g/mol. The van der Waals surface area contributed by atoms with Gasteiger partial charge in [0.05, 0.1) is 13.2 Å². The van der Waals surface area contributed by atoms with Gasteiger partial charge in [-0.25, -0.2) is 0 Å². The number of esters is 1. The summed E-state index contributed by atoms with van der Waals surface area (Å²) in [6.45, 7) is 18.5. The molecule has 0 aromatic heterocycles. The highest BCUT2D eigenvalue weighted by atomic mass is 16.5. The van der Waals surface area contributed by atoms with Crippen molar-refractivity contribution >= 4 is 5.97 Å². The summed E-state index contributed by atoms with van der Waals surface area (Å²) >= 11 is 0. The maximum Gasteiger partial charge on any atom is 0.305 e. The van der Waals surface area contributed by atoms with Crippen molar-refractivity contribution in [3.63, 3.8) is 0 Å². The Bertz CT molecular complexity index is 802. The van der Waals surface area contributed by atoms with Crippen LogP contribution in [0.25, 0.3) is 0 Å². The van der Waals surface area contributed by atoms with Gasteiger partial charge in [0, 0.05) is 6.42 Å². The molecule has 4 rings (SSSR count). The summed E-state index contributed by atoms with van der Waals surface area (Å²) in [5, 5.41) is 10.3. The minimum atomic E-state index is -0.356. The molecular formula is C31H52O3. The van der Waals surface area contributed by atoms with Crippen LogP contribution >= 0.6 is 0 Å². The second-order valence-corrected chi connectivity index (χ2v) is 13.9. The summed E-state index contributed by atoms with van der Waals surface area (Å²) in [5.41, 5.74) is 2.49. The van der Waals surface area contributed by atoms with Gasteiger partial charge in [-0.1, -0.05) is 46.8 Å². The van der Waals surface area contributed by atoms with Gasteiger partial charge in [0.15, 0.2) is 0 Å². The van der Waals surface area contributed by atoms with Crippen LogP contribution in [0.4, 0.5) is 0 Å². The van der Waals surface area contributed by atoms with E-state index in [4.69, 9.17) is 4.74 Å². The Hall–Kier alpha value is -0.830. The molecule has 4 aliphatic rings. The van der Waals surface area contributed by atoms with Gasteiger partial charge in [0.25, 0.3) is 0 Å². The third-order valence-corrected chi connectivity index (χ3v) is 12.6. The maximum absolute atomic E-state index is 12.2. The summed E-state index contributed by atoms with van der Waals surface area (Å²) in [6.07, 6.45) is 12.7. The number of aliphatic hydroxyl groups is 1. The van der Waals surface area contributed by atoms with E-state index in [0.29, 0.717) is 39.9 Å². The zero-order valence-corrected chi connectivity index (χ0v) is 23.2. The van der Waals surface area contributed by atoms with E-state index in [0.717, 1.165) is 42.6 Å². The summed E-state index contributed by atoms with van der Waals surface area (Å²) in [6, 6.07) is 0. The van der Waals surface area contributed by atoms with Crippen molar-refractivity contribution in [3.8, 4) is 0 Å². The Morgan fingerprint density at radius 3 is 2.35 bits per heavy atom. The Balaban J connectivity index is 1.57. The predicted octanol–water partition coefficient (Wildman–Crippen LogP) is 7.57. The van der Waals surface area contributed by atoms with Gasteiger partial charge in [0.2, 0.25) is 0 Å². The highest BCUT2D eigenvalue weighted by Crippen LogP contribution is 2.87. The van der Waals surface area contributed by atoms with Gasteiger partial charge in [-0.15, -0.1) is 0 Å². The van der Waals surface area contributed by atoms with E-state index in [9.17, 15) is 9.90 Å². The van der Waals surface area contributed by atoms with Crippen LogP contribution in [0.3, 0.4) is 0 Å². The summed E-state index contributed by atoms with van der Waals surface area (Å²) in [5.74, 6) is 3.60. The molecule has 194 valence electrons. The van der Waals surface area contributed by atoms with Crippen LogP contribution in [0.1, 0.15) is 112 Å². The van der Waals surface area contributed by atoms with Crippen molar-refractivity contribution in [3.05, 3.63) is 12.2 Å². The minimum absolute atomic E-state index is 0.0281. The molecule has 9 atom stereocenters. The van der Waals surface area contributed by atoms with E-state index in [1.807, 2.05) is 6.92 Å². The first-order valence-electron chi connectivity index (χ1n) is 14.3. The van der Waals surface area contributed by atoms with E-state index < -0.39 is 0 Å². The van der Waals surface area contributed by atoms with E-state index in [2.05, 4.69) is 41.2 Å². The number of hydrogen-bond acceptors (Lipinski definition) is 3. The Kier molecular flexibility index (Phi) is 6.89. The fourth-order valence-corrected chi connectivity index (χ4v) is 10.5. The standard InChI is InChI=1S/C31H52O3/c1-20(2)23-10-12-26-29(7)15-13-24(22(5)9-11-25(32)21(3)4)28(29,6)17-18-31(26)19-30(23,31)16-14-27(33)34-8/h20,22-26,32H,3,9-19H2,1-2,4-8H3. The van der Waals surface area contributed by atoms with Crippen LogP contribution in [-0.2, 0) is 9.53 Å².